The Morgan fingerprint density at radius 2 is 2.21 bits per heavy atom. The minimum Gasteiger partial charge on any atom is -0.445 e. The van der Waals surface area contributed by atoms with Crippen molar-refractivity contribution >= 4 is 26.7 Å². The van der Waals surface area contributed by atoms with E-state index < -0.39 is 9.84 Å². The van der Waals surface area contributed by atoms with E-state index in [1.54, 1.807) is 0 Å². The second-order valence-corrected chi connectivity index (χ2v) is 8.71. The SMILES string of the molecule is CS(=O)(=O)c1cc2cnc(C(=O)N[C@@H]3C[C@@H]4CCN(C4)C3)cc2o1. The Kier molecular flexibility index (Phi) is 3.61. The first kappa shape index (κ1) is 15.6. The molecular weight excluding hydrogens is 330 g/mol. The van der Waals surface area contributed by atoms with E-state index in [0.717, 1.165) is 32.3 Å². The Balaban J connectivity index is 1.54. The molecule has 4 heterocycles. The number of pyridine rings is 1. The van der Waals surface area contributed by atoms with Gasteiger partial charge < -0.3 is 14.6 Å². The van der Waals surface area contributed by atoms with Crippen molar-refractivity contribution < 1.29 is 17.6 Å². The lowest BCUT2D eigenvalue weighted by Crippen LogP contribution is -2.47. The van der Waals surface area contributed by atoms with Crippen molar-refractivity contribution in [3.63, 3.8) is 0 Å². The average molecular weight is 349 g/mol. The number of nitrogens with zero attached hydrogens (tertiary/aromatic N) is 2. The minimum absolute atomic E-state index is 0.117. The Hall–Kier alpha value is -1.93. The number of carbonyl (C=O) groups is 1. The number of aromatic nitrogens is 1. The zero-order valence-electron chi connectivity index (χ0n) is 13.4. The molecule has 3 atom stereocenters. The van der Waals surface area contributed by atoms with Gasteiger partial charge in [0.15, 0.2) is 0 Å². The zero-order chi connectivity index (χ0) is 16.9. The van der Waals surface area contributed by atoms with Crippen LogP contribution >= 0.6 is 0 Å². The van der Waals surface area contributed by atoms with E-state index in [1.807, 2.05) is 0 Å². The van der Waals surface area contributed by atoms with Crippen molar-refractivity contribution in [2.24, 2.45) is 5.92 Å². The second-order valence-electron chi connectivity index (χ2n) is 6.77. The predicted molar refractivity (Wildman–Crippen MR) is 87.5 cm³/mol. The molecule has 128 valence electrons. The molecule has 2 saturated heterocycles. The number of rotatable bonds is 3. The number of furan rings is 1. The van der Waals surface area contributed by atoms with Gasteiger partial charge >= 0.3 is 0 Å². The highest BCUT2D eigenvalue weighted by Gasteiger charge is 2.33. The van der Waals surface area contributed by atoms with Crippen LogP contribution in [-0.2, 0) is 9.84 Å². The summed E-state index contributed by atoms with van der Waals surface area (Å²) in [6.07, 6.45) is 4.76. The summed E-state index contributed by atoms with van der Waals surface area (Å²) in [5, 5.41) is 3.48. The number of hydrogen-bond acceptors (Lipinski definition) is 6. The lowest BCUT2D eigenvalue weighted by Gasteiger charge is -2.30. The number of hydrogen-bond donors (Lipinski definition) is 1. The maximum absolute atomic E-state index is 12.4. The first-order chi connectivity index (χ1) is 11.4. The molecule has 1 N–H and O–H groups in total. The van der Waals surface area contributed by atoms with Gasteiger partial charge in [-0.2, -0.15) is 0 Å². The fourth-order valence-electron chi connectivity index (χ4n) is 3.64. The molecule has 2 fully saturated rings. The molecule has 2 aromatic rings. The van der Waals surface area contributed by atoms with Gasteiger partial charge in [-0.1, -0.05) is 0 Å². The number of carbonyl (C=O) groups excluding carboxylic acids is 1. The van der Waals surface area contributed by atoms with Crippen LogP contribution in [0.15, 0.2) is 27.8 Å². The monoisotopic (exact) mass is 349 g/mol. The normalized spacial score (nSPS) is 26.6. The van der Waals surface area contributed by atoms with Gasteiger partial charge in [-0.25, -0.2) is 8.42 Å². The predicted octanol–water partition coefficient (Wildman–Crippen LogP) is 1.06. The molecule has 0 radical (unpaired) electrons. The number of piperidine rings is 1. The van der Waals surface area contributed by atoms with Crippen molar-refractivity contribution in [3.8, 4) is 0 Å². The van der Waals surface area contributed by atoms with E-state index in [0.29, 0.717) is 16.9 Å². The molecule has 0 spiro atoms. The van der Waals surface area contributed by atoms with Crippen LogP contribution in [0.4, 0.5) is 0 Å². The third kappa shape index (κ3) is 2.91. The molecule has 24 heavy (non-hydrogen) atoms. The Morgan fingerprint density at radius 3 is 2.96 bits per heavy atom. The lowest BCUT2D eigenvalue weighted by atomic mass is 9.97. The van der Waals surface area contributed by atoms with Crippen LogP contribution in [0.5, 0.6) is 0 Å². The molecule has 2 aromatic heterocycles. The number of sulfone groups is 1. The summed E-state index contributed by atoms with van der Waals surface area (Å²) < 4.78 is 28.4. The Morgan fingerprint density at radius 1 is 1.38 bits per heavy atom. The van der Waals surface area contributed by atoms with Gasteiger partial charge in [-0.15, -0.1) is 0 Å². The molecule has 2 bridgehead atoms. The molecule has 0 aromatic carbocycles. The lowest BCUT2D eigenvalue weighted by molar-refractivity contribution is 0.0904. The minimum atomic E-state index is -3.43. The topological polar surface area (TPSA) is 92.5 Å². The summed E-state index contributed by atoms with van der Waals surface area (Å²) in [5.41, 5.74) is 0.591. The molecule has 4 rings (SSSR count). The standard InChI is InChI=1S/C16H19N3O4S/c1-24(21,22)15-5-11-7-17-13(6-14(11)23-15)16(20)18-12-4-10-2-3-19(8-10)9-12/h5-7,10,12H,2-4,8-9H2,1H3,(H,18,20)/t10-,12+/m0/s1. The van der Waals surface area contributed by atoms with E-state index in [-0.39, 0.29) is 22.7 Å². The van der Waals surface area contributed by atoms with Gasteiger partial charge in [0.1, 0.15) is 11.3 Å². The fourth-order valence-corrected chi connectivity index (χ4v) is 4.22. The van der Waals surface area contributed by atoms with E-state index in [4.69, 9.17) is 4.42 Å². The van der Waals surface area contributed by atoms with Gasteiger partial charge in [-0.05, 0) is 25.3 Å². The highest BCUT2D eigenvalue weighted by Crippen LogP contribution is 2.27. The molecule has 2 aliphatic heterocycles. The quantitative estimate of drug-likeness (QED) is 0.891. The summed E-state index contributed by atoms with van der Waals surface area (Å²) in [6.45, 7) is 3.13. The van der Waals surface area contributed by atoms with Gasteiger partial charge in [0, 0.05) is 49.1 Å². The maximum atomic E-state index is 12.4. The van der Waals surface area contributed by atoms with Gasteiger partial charge in [-0.3, -0.25) is 9.78 Å². The van der Waals surface area contributed by atoms with Gasteiger partial charge in [0.25, 0.3) is 5.91 Å². The Bertz CT molecular complexity index is 893. The maximum Gasteiger partial charge on any atom is 0.270 e. The summed E-state index contributed by atoms with van der Waals surface area (Å²) in [4.78, 5) is 19.0. The number of fused-ring (bicyclic) bond motifs is 3. The van der Waals surface area contributed by atoms with Crippen LogP contribution in [0.3, 0.4) is 0 Å². The summed E-state index contributed by atoms with van der Waals surface area (Å²) in [7, 11) is -3.43. The van der Waals surface area contributed by atoms with Crippen LogP contribution in [-0.4, -0.2) is 56.1 Å². The molecule has 0 aliphatic carbocycles. The smallest absolute Gasteiger partial charge is 0.270 e. The van der Waals surface area contributed by atoms with Gasteiger partial charge in [0.05, 0.1) is 0 Å². The first-order valence-corrected chi connectivity index (χ1v) is 9.90. The van der Waals surface area contributed by atoms with Crippen molar-refractivity contribution in [2.75, 3.05) is 25.9 Å². The highest BCUT2D eigenvalue weighted by molar-refractivity contribution is 7.90. The highest BCUT2D eigenvalue weighted by atomic mass is 32.2. The fraction of sp³-hybridized carbons (Fsp3) is 0.500. The van der Waals surface area contributed by atoms with E-state index in [1.165, 1.54) is 24.8 Å². The third-order valence-corrected chi connectivity index (χ3v) is 5.71. The molecule has 8 heteroatoms. The van der Waals surface area contributed by atoms with Crippen LogP contribution < -0.4 is 5.32 Å². The van der Waals surface area contributed by atoms with Crippen LogP contribution in [0.2, 0.25) is 0 Å². The van der Waals surface area contributed by atoms with E-state index in [2.05, 4.69) is 15.2 Å². The van der Waals surface area contributed by atoms with Crippen LogP contribution in [0.25, 0.3) is 11.0 Å². The second kappa shape index (κ2) is 5.56. The molecule has 2 aliphatic rings. The molecule has 1 unspecified atom stereocenters. The molecule has 0 saturated carbocycles. The summed E-state index contributed by atoms with van der Waals surface area (Å²) in [6, 6.07) is 3.06. The van der Waals surface area contributed by atoms with E-state index in [9.17, 15) is 13.2 Å². The van der Waals surface area contributed by atoms with Crippen LogP contribution in [0, 0.1) is 5.92 Å². The molecule has 7 nitrogen and oxygen atoms in total. The van der Waals surface area contributed by atoms with Crippen molar-refractivity contribution in [1.29, 1.82) is 0 Å². The van der Waals surface area contributed by atoms with Crippen LogP contribution in [0.1, 0.15) is 23.3 Å². The summed E-state index contributed by atoms with van der Waals surface area (Å²) in [5.74, 6) is 0.420. The van der Waals surface area contributed by atoms with E-state index >= 15 is 0 Å². The molecular formula is C16H19N3O4S. The van der Waals surface area contributed by atoms with Crippen molar-refractivity contribution in [2.45, 2.75) is 24.0 Å². The largest absolute Gasteiger partial charge is 0.445 e. The average Bonchev–Trinajstić information content (AvgIpc) is 3.09. The zero-order valence-corrected chi connectivity index (χ0v) is 14.2. The summed E-state index contributed by atoms with van der Waals surface area (Å²) >= 11 is 0. The number of amides is 1. The third-order valence-electron chi connectivity index (χ3n) is 4.78. The van der Waals surface area contributed by atoms with Gasteiger partial charge in [0.2, 0.25) is 14.9 Å². The van der Waals surface area contributed by atoms with Crippen molar-refractivity contribution in [1.82, 2.24) is 15.2 Å². The molecule has 1 amide bonds. The Labute approximate surface area is 139 Å². The number of nitrogens with one attached hydrogen (secondary N) is 1. The first-order valence-electron chi connectivity index (χ1n) is 8.01. The van der Waals surface area contributed by atoms with Crippen molar-refractivity contribution in [3.05, 3.63) is 24.0 Å².